The molecule has 5 rings (SSSR count). The number of unbranched alkanes of at least 4 members (excludes halogenated alkanes) is 4. The number of hydrogen-bond donors (Lipinski definition) is 4. The molecule has 0 radical (unpaired) electrons. The van der Waals surface area contributed by atoms with Gasteiger partial charge in [0.2, 0.25) is 0 Å². The van der Waals surface area contributed by atoms with Crippen LogP contribution in [0.15, 0.2) is 86.0 Å². The Morgan fingerprint density at radius 1 is 0.318 bits per heavy atom. The predicted octanol–water partition coefficient (Wildman–Crippen LogP) is 6.86. The van der Waals surface area contributed by atoms with Crippen molar-refractivity contribution in [2.24, 2.45) is 0 Å². The summed E-state index contributed by atoms with van der Waals surface area (Å²) in [5, 5.41) is 39.8. The van der Waals surface area contributed by atoms with Gasteiger partial charge in [-0.25, -0.2) is 18.3 Å². The highest BCUT2D eigenvalue weighted by Crippen LogP contribution is 2.42. The van der Waals surface area contributed by atoms with E-state index >= 15 is 0 Å². The molecular formula is C58H70N4O4+4. The van der Waals surface area contributed by atoms with Gasteiger partial charge in [0.25, 0.3) is 0 Å². The molecular weight excluding hydrogens is 817 g/mol. The van der Waals surface area contributed by atoms with Crippen molar-refractivity contribution < 1.29 is 38.7 Å². The van der Waals surface area contributed by atoms with Crippen molar-refractivity contribution in [3.05, 3.63) is 108 Å². The van der Waals surface area contributed by atoms with E-state index in [1.807, 2.05) is 0 Å². The van der Waals surface area contributed by atoms with E-state index in [4.69, 9.17) is 25.7 Å². The van der Waals surface area contributed by atoms with E-state index in [1.165, 1.54) is 0 Å². The summed E-state index contributed by atoms with van der Waals surface area (Å²) in [7, 11) is 0. The molecule has 4 heterocycles. The lowest BCUT2D eigenvalue weighted by atomic mass is 9.85. The van der Waals surface area contributed by atoms with Crippen LogP contribution in [0.2, 0.25) is 0 Å². The zero-order valence-corrected chi connectivity index (χ0v) is 38.9. The van der Waals surface area contributed by atoms with Crippen LogP contribution in [-0.4, -0.2) is 46.9 Å². The second kappa shape index (κ2) is 28.1. The van der Waals surface area contributed by atoms with Crippen LogP contribution in [0.1, 0.15) is 99.3 Å². The summed E-state index contributed by atoms with van der Waals surface area (Å²) >= 11 is 0. The Morgan fingerprint density at radius 2 is 0.545 bits per heavy atom. The number of aliphatic hydroxyl groups excluding tert-OH is 4. The maximum absolute atomic E-state index is 9.95. The van der Waals surface area contributed by atoms with Crippen molar-refractivity contribution in [3.8, 4) is 93.9 Å². The highest BCUT2D eigenvalue weighted by Gasteiger charge is 2.24. The maximum Gasteiger partial charge on any atom is 0.176 e. The highest BCUT2D eigenvalue weighted by atomic mass is 16.3. The van der Waals surface area contributed by atoms with Gasteiger partial charge >= 0.3 is 0 Å². The van der Waals surface area contributed by atoms with Crippen LogP contribution >= 0.6 is 0 Å². The van der Waals surface area contributed by atoms with Gasteiger partial charge in [-0.3, -0.25) is 0 Å². The van der Waals surface area contributed by atoms with Crippen molar-refractivity contribution in [2.75, 3.05) is 26.4 Å². The predicted molar refractivity (Wildman–Crippen MR) is 263 cm³/mol. The van der Waals surface area contributed by atoms with Crippen LogP contribution in [0.3, 0.4) is 0 Å². The third-order valence-electron chi connectivity index (χ3n) is 11.8. The minimum atomic E-state index is 0.0970. The van der Waals surface area contributed by atoms with E-state index < -0.39 is 0 Å². The topological polar surface area (TPSA) is 96.4 Å². The molecule has 8 heteroatoms. The number of pyridine rings is 4. The van der Waals surface area contributed by atoms with E-state index in [1.54, 1.807) is 0 Å². The lowest BCUT2D eigenvalue weighted by molar-refractivity contribution is -0.697. The standard InChI is InChI=1S/C58H70N4O4/c1-5-9-13-25-59-39-47(21-17-29-63)33-51(43-59)55-37-57(53-35-49(23-19-31-65)41-61(45-53)27-15-11-7-3)58(54-36-50(24-20-32-66)42-62(46-54)28-16-12-8-4)38-56(55)52-34-48(22-18-30-64)40-60(44-52)26-14-10-6-2/h1-4,33-46,63-66H,9-32H2/q+4. The molecule has 4 aromatic heterocycles. The average Bonchev–Trinajstić information content (AvgIpc) is 3.33. The summed E-state index contributed by atoms with van der Waals surface area (Å²) in [5.41, 5.74) is 12.9. The molecule has 8 nitrogen and oxygen atoms in total. The summed E-state index contributed by atoms with van der Waals surface area (Å²) in [4.78, 5) is 0. The van der Waals surface area contributed by atoms with Crippen molar-refractivity contribution in [2.45, 2.75) is 129 Å². The molecule has 0 amide bonds. The fraction of sp³-hybridized carbons (Fsp3) is 0.414. The molecule has 342 valence electrons. The highest BCUT2D eigenvalue weighted by molar-refractivity contribution is 5.94. The number of nitrogens with zero attached hydrogens (tertiary/aromatic N) is 4. The summed E-state index contributed by atoms with van der Waals surface area (Å²) in [5.74, 6) is 11.2. The fourth-order valence-corrected chi connectivity index (χ4v) is 8.61. The van der Waals surface area contributed by atoms with Gasteiger partial charge in [0.15, 0.2) is 49.6 Å². The van der Waals surface area contributed by atoms with Gasteiger partial charge in [-0.1, -0.05) is 0 Å². The number of terminal acetylenes is 4. The second-order valence-electron chi connectivity index (χ2n) is 17.2. The van der Waals surface area contributed by atoms with Gasteiger partial charge in [0, 0.05) is 122 Å². The Morgan fingerprint density at radius 3 is 0.742 bits per heavy atom. The lowest BCUT2D eigenvalue weighted by Crippen LogP contribution is -2.34. The molecule has 66 heavy (non-hydrogen) atoms. The Bertz CT molecular complexity index is 2170. The summed E-state index contributed by atoms with van der Waals surface area (Å²) in [6.45, 7) is 3.39. The average molecular weight is 887 g/mol. The summed E-state index contributed by atoms with van der Waals surface area (Å²) in [6.07, 6.45) is 52.0. The third-order valence-corrected chi connectivity index (χ3v) is 11.8. The quantitative estimate of drug-likeness (QED) is 0.0251. The molecule has 5 aromatic rings. The van der Waals surface area contributed by atoms with E-state index in [2.05, 4.69) is 128 Å². The van der Waals surface area contributed by atoms with Crippen molar-refractivity contribution >= 4 is 0 Å². The second-order valence-corrected chi connectivity index (χ2v) is 17.2. The van der Waals surface area contributed by atoms with Gasteiger partial charge in [-0.05, 0) is 110 Å². The molecule has 0 spiro atoms. The van der Waals surface area contributed by atoms with Crippen LogP contribution in [-0.2, 0) is 51.9 Å². The molecule has 0 bridgehead atoms. The smallest absolute Gasteiger partial charge is 0.176 e. The Labute approximate surface area is 394 Å². The molecule has 0 aliphatic rings. The van der Waals surface area contributed by atoms with Gasteiger partial charge in [-0.2, -0.15) is 0 Å². The minimum absolute atomic E-state index is 0.0970. The third kappa shape index (κ3) is 15.5. The first kappa shape index (κ1) is 50.9. The molecule has 4 N–H and O–H groups in total. The number of aromatic nitrogens is 4. The molecule has 0 saturated heterocycles. The maximum atomic E-state index is 9.95. The molecule has 0 fully saturated rings. The van der Waals surface area contributed by atoms with Crippen LogP contribution in [0.25, 0.3) is 44.5 Å². The van der Waals surface area contributed by atoms with Gasteiger partial charge in [-0.15, -0.1) is 49.4 Å². The van der Waals surface area contributed by atoms with Crippen molar-refractivity contribution in [1.29, 1.82) is 0 Å². The zero-order valence-electron chi connectivity index (χ0n) is 38.9. The normalized spacial score (nSPS) is 10.9. The Kier molecular flexibility index (Phi) is 21.6. The van der Waals surface area contributed by atoms with E-state index in [9.17, 15) is 20.4 Å². The monoisotopic (exact) mass is 887 g/mol. The van der Waals surface area contributed by atoms with Gasteiger partial charge < -0.3 is 20.4 Å². The van der Waals surface area contributed by atoms with E-state index in [-0.39, 0.29) is 26.4 Å². The van der Waals surface area contributed by atoms with Gasteiger partial charge in [0.1, 0.15) is 26.2 Å². The van der Waals surface area contributed by atoms with Crippen LogP contribution in [0.4, 0.5) is 0 Å². The molecule has 1 aromatic carbocycles. The Balaban J connectivity index is 1.95. The van der Waals surface area contributed by atoms with E-state index in [0.29, 0.717) is 51.4 Å². The lowest BCUT2D eigenvalue weighted by Gasteiger charge is -2.18. The van der Waals surface area contributed by atoms with E-state index in [0.717, 1.165) is 144 Å². The van der Waals surface area contributed by atoms with Crippen molar-refractivity contribution in [3.63, 3.8) is 0 Å². The molecule has 0 aliphatic heterocycles. The number of rotatable bonds is 28. The van der Waals surface area contributed by atoms with Crippen LogP contribution < -0.4 is 18.3 Å². The number of benzene rings is 1. The first-order valence-electron chi connectivity index (χ1n) is 23.9. The number of aliphatic hydroxyl groups is 4. The molecule has 0 saturated carbocycles. The summed E-state index contributed by atoms with van der Waals surface area (Å²) in [6, 6.07) is 13.8. The molecule has 0 atom stereocenters. The number of hydrogen-bond acceptors (Lipinski definition) is 4. The minimum Gasteiger partial charge on any atom is -0.396 e. The molecule has 0 aliphatic carbocycles. The Hall–Kier alpha value is -6.10. The van der Waals surface area contributed by atoms with Gasteiger partial charge in [0.05, 0.1) is 0 Å². The van der Waals surface area contributed by atoms with Crippen LogP contribution in [0.5, 0.6) is 0 Å². The van der Waals surface area contributed by atoms with Crippen LogP contribution in [0, 0.1) is 49.4 Å². The SMILES string of the molecule is C#CCCC[n+]1cc(CCCO)cc(-c2cc(-c3cc(CCCO)c[n+](CCCC#C)c3)c(-c3cc(CCCO)c[n+](CCCC#C)c3)cc2-c2cc(CCCO)c[n+](CCCC#C)c2)c1. The largest absolute Gasteiger partial charge is 0.396 e. The zero-order chi connectivity index (χ0) is 46.9. The number of aryl methyl sites for hydroxylation is 8. The molecule has 0 unspecified atom stereocenters. The fourth-order valence-electron chi connectivity index (χ4n) is 8.61. The first-order chi connectivity index (χ1) is 32.4. The first-order valence-corrected chi connectivity index (χ1v) is 23.9. The summed E-state index contributed by atoms with van der Waals surface area (Å²) < 4.78 is 8.97. The van der Waals surface area contributed by atoms with Crippen molar-refractivity contribution in [1.82, 2.24) is 0 Å².